The van der Waals surface area contributed by atoms with E-state index in [9.17, 15) is 21.6 Å². The molecule has 0 heterocycles. The van der Waals surface area contributed by atoms with Crippen molar-refractivity contribution in [2.45, 2.75) is 17.7 Å². The molecule has 0 saturated carbocycles. The number of anilines is 2. The van der Waals surface area contributed by atoms with Crippen LogP contribution in [-0.4, -0.2) is 53.9 Å². The van der Waals surface area contributed by atoms with E-state index in [-0.39, 0.29) is 23.8 Å². The van der Waals surface area contributed by atoms with E-state index in [0.29, 0.717) is 17.8 Å². The van der Waals surface area contributed by atoms with Crippen LogP contribution in [0, 0.1) is 0 Å². The van der Waals surface area contributed by atoms with Crippen molar-refractivity contribution in [3.05, 3.63) is 54.6 Å². The normalized spacial score (nSPS) is 12.0. The predicted molar refractivity (Wildman–Crippen MR) is 114 cm³/mol. The van der Waals surface area contributed by atoms with Gasteiger partial charge in [0.2, 0.25) is 26.0 Å². The summed E-state index contributed by atoms with van der Waals surface area (Å²) in [4.78, 5) is 12.4. The average Bonchev–Trinajstić information content (AvgIpc) is 2.67. The molecule has 0 fully saturated rings. The Morgan fingerprint density at radius 1 is 0.966 bits per heavy atom. The van der Waals surface area contributed by atoms with E-state index in [1.54, 1.807) is 42.5 Å². The van der Waals surface area contributed by atoms with Gasteiger partial charge in [0, 0.05) is 32.7 Å². The standard InChI is InChI=1S/C19H25N3O5S2/c1-21(29(26,27)18-11-5-4-6-12-18)14-8-13-19(23)20-16-9-7-10-17(15-16)22(2)28(3,24)25/h4-7,9-12,15H,8,13-14H2,1-3H3,(H,20,23). The van der Waals surface area contributed by atoms with Crippen LogP contribution in [0.15, 0.2) is 59.5 Å². The highest BCUT2D eigenvalue weighted by molar-refractivity contribution is 7.92. The molecule has 0 aliphatic carbocycles. The molecule has 2 aromatic rings. The molecule has 1 amide bonds. The first-order valence-electron chi connectivity index (χ1n) is 8.87. The van der Waals surface area contributed by atoms with Gasteiger partial charge in [0.1, 0.15) is 0 Å². The lowest BCUT2D eigenvalue weighted by atomic mass is 10.2. The van der Waals surface area contributed by atoms with E-state index in [4.69, 9.17) is 0 Å². The van der Waals surface area contributed by atoms with Crippen LogP contribution in [0.4, 0.5) is 11.4 Å². The maximum absolute atomic E-state index is 12.5. The Hall–Kier alpha value is -2.43. The van der Waals surface area contributed by atoms with Gasteiger partial charge in [-0.3, -0.25) is 9.10 Å². The van der Waals surface area contributed by atoms with Gasteiger partial charge in [0.25, 0.3) is 0 Å². The largest absolute Gasteiger partial charge is 0.326 e. The first kappa shape index (κ1) is 22.9. The molecule has 29 heavy (non-hydrogen) atoms. The number of nitrogens with one attached hydrogen (secondary N) is 1. The van der Waals surface area contributed by atoms with Gasteiger partial charge in [-0.2, -0.15) is 0 Å². The fraction of sp³-hybridized carbons (Fsp3) is 0.316. The molecule has 158 valence electrons. The van der Waals surface area contributed by atoms with Crippen LogP contribution in [0.25, 0.3) is 0 Å². The van der Waals surface area contributed by atoms with Gasteiger partial charge < -0.3 is 5.32 Å². The lowest BCUT2D eigenvalue weighted by Crippen LogP contribution is -2.28. The minimum absolute atomic E-state index is 0.126. The summed E-state index contributed by atoms with van der Waals surface area (Å²) in [5.41, 5.74) is 0.896. The summed E-state index contributed by atoms with van der Waals surface area (Å²) in [7, 11) is -4.08. The van der Waals surface area contributed by atoms with Crippen molar-refractivity contribution >= 4 is 37.3 Å². The summed E-state index contributed by atoms with van der Waals surface area (Å²) in [6.45, 7) is 0.196. The van der Waals surface area contributed by atoms with E-state index in [2.05, 4.69) is 5.32 Å². The molecule has 10 heteroatoms. The molecule has 8 nitrogen and oxygen atoms in total. The van der Waals surface area contributed by atoms with Crippen molar-refractivity contribution in [2.75, 3.05) is 36.5 Å². The number of amides is 1. The molecule has 0 unspecified atom stereocenters. The number of hydrogen-bond donors (Lipinski definition) is 1. The third-order valence-corrected chi connectivity index (χ3v) is 7.40. The fourth-order valence-corrected chi connectivity index (χ4v) is 4.28. The molecule has 1 N–H and O–H groups in total. The highest BCUT2D eigenvalue weighted by Crippen LogP contribution is 2.20. The molecule has 0 spiro atoms. The van der Waals surface area contributed by atoms with Crippen LogP contribution in [0.5, 0.6) is 0 Å². The predicted octanol–water partition coefficient (Wildman–Crippen LogP) is 2.12. The maximum atomic E-state index is 12.5. The Balaban J connectivity index is 1.91. The topological polar surface area (TPSA) is 104 Å². The lowest BCUT2D eigenvalue weighted by molar-refractivity contribution is -0.116. The van der Waals surface area contributed by atoms with Crippen LogP contribution in [0.2, 0.25) is 0 Å². The molecule has 2 aromatic carbocycles. The third-order valence-electron chi connectivity index (χ3n) is 4.32. The average molecular weight is 440 g/mol. The monoisotopic (exact) mass is 439 g/mol. The molecule has 0 saturated heterocycles. The molecular formula is C19H25N3O5S2. The number of sulfonamides is 2. The molecule has 0 atom stereocenters. The van der Waals surface area contributed by atoms with Gasteiger partial charge in [-0.15, -0.1) is 0 Å². The quantitative estimate of drug-likeness (QED) is 0.645. The van der Waals surface area contributed by atoms with E-state index in [0.717, 1.165) is 10.6 Å². The SMILES string of the molecule is CN(c1cccc(NC(=O)CCCN(C)S(=O)(=O)c2ccccc2)c1)S(C)(=O)=O. The van der Waals surface area contributed by atoms with Gasteiger partial charge in [-0.05, 0) is 36.8 Å². The molecular weight excluding hydrogens is 414 g/mol. The second-order valence-electron chi connectivity index (χ2n) is 6.57. The van der Waals surface area contributed by atoms with Crippen LogP contribution in [0.3, 0.4) is 0 Å². The Labute approximate surface area is 172 Å². The number of rotatable bonds is 9. The lowest BCUT2D eigenvalue weighted by Gasteiger charge is -2.18. The van der Waals surface area contributed by atoms with Gasteiger partial charge >= 0.3 is 0 Å². The van der Waals surface area contributed by atoms with Crippen molar-refractivity contribution in [1.82, 2.24) is 4.31 Å². The van der Waals surface area contributed by atoms with Crippen molar-refractivity contribution in [3.63, 3.8) is 0 Å². The smallest absolute Gasteiger partial charge is 0.242 e. The van der Waals surface area contributed by atoms with Crippen molar-refractivity contribution in [1.29, 1.82) is 0 Å². The van der Waals surface area contributed by atoms with Crippen molar-refractivity contribution < 1.29 is 21.6 Å². The summed E-state index contributed by atoms with van der Waals surface area (Å²) in [5.74, 6) is -0.283. The Morgan fingerprint density at radius 3 is 2.24 bits per heavy atom. The van der Waals surface area contributed by atoms with Gasteiger partial charge in [0.15, 0.2) is 0 Å². The molecule has 0 aliphatic rings. The van der Waals surface area contributed by atoms with Crippen molar-refractivity contribution in [3.8, 4) is 0 Å². The van der Waals surface area contributed by atoms with Gasteiger partial charge in [0.05, 0.1) is 16.8 Å². The molecule has 0 bridgehead atoms. The Kier molecular flexibility index (Phi) is 7.39. The van der Waals surface area contributed by atoms with E-state index >= 15 is 0 Å². The van der Waals surface area contributed by atoms with E-state index in [1.807, 2.05) is 0 Å². The summed E-state index contributed by atoms with van der Waals surface area (Å²) in [6.07, 6.45) is 1.57. The summed E-state index contributed by atoms with van der Waals surface area (Å²) < 4.78 is 50.5. The number of carbonyl (C=O) groups excluding carboxylic acids is 1. The van der Waals surface area contributed by atoms with Crippen LogP contribution in [0.1, 0.15) is 12.8 Å². The molecule has 0 aromatic heterocycles. The number of nitrogens with zero attached hydrogens (tertiary/aromatic N) is 2. The minimum atomic E-state index is -3.59. The first-order chi connectivity index (χ1) is 13.5. The third kappa shape index (κ3) is 6.28. The molecule has 2 rings (SSSR count). The highest BCUT2D eigenvalue weighted by Gasteiger charge is 2.20. The number of carbonyl (C=O) groups is 1. The molecule has 0 radical (unpaired) electrons. The fourth-order valence-electron chi connectivity index (χ4n) is 2.55. The van der Waals surface area contributed by atoms with Crippen LogP contribution >= 0.6 is 0 Å². The van der Waals surface area contributed by atoms with Crippen molar-refractivity contribution in [2.24, 2.45) is 0 Å². The van der Waals surface area contributed by atoms with Gasteiger partial charge in [-0.1, -0.05) is 24.3 Å². The zero-order chi connectivity index (χ0) is 21.7. The summed E-state index contributed by atoms with van der Waals surface area (Å²) >= 11 is 0. The highest BCUT2D eigenvalue weighted by atomic mass is 32.2. The zero-order valence-electron chi connectivity index (χ0n) is 16.6. The second kappa shape index (κ2) is 9.38. The first-order valence-corrected chi connectivity index (χ1v) is 12.2. The number of hydrogen-bond acceptors (Lipinski definition) is 5. The Bertz CT molecular complexity index is 1050. The molecule has 0 aliphatic heterocycles. The van der Waals surface area contributed by atoms with Gasteiger partial charge in [-0.25, -0.2) is 21.1 Å². The maximum Gasteiger partial charge on any atom is 0.242 e. The number of benzene rings is 2. The summed E-state index contributed by atoms with van der Waals surface area (Å²) in [6, 6.07) is 14.6. The Morgan fingerprint density at radius 2 is 1.62 bits per heavy atom. The van der Waals surface area contributed by atoms with E-state index in [1.165, 1.54) is 30.5 Å². The van der Waals surface area contributed by atoms with E-state index < -0.39 is 20.0 Å². The zero-order valence-corrected chi connectivity index (χ0v) is 18.2. The summed E-state index contributed by atoms with van der Waals surface area (Å²) in [5, 5.41) is 2.70. The van der Waals surface area contributed by atoms with Crippen LogP contribution < -0.4 is 9.62 Å². The second-order valence-corrected chi connectivity index (χ2v) is 10.6. The minimum Gasteiger partial charge on any atom is -0.326 e. The van der Waals surface area contributed by atoms with Crippen LogP contribution in [-0.2, 0) is 24.8 Å².